The fourth-order valence-corrected chi connectivity index (χ4v) is 3.36. The standard InChI is InChI=1S/C16H22N2O3/c1-20-9-5-13-10-16(21-11-13)6-8-18(12-16)15(19)14-4-2-3-7-17-14/h2-4,7,13H,5-6,8-12H2,1H3/t13-,16+/m1/s1. The third kappa shape index (κ3) is 3.09. The van der Waals surface area contributed by atoms with Crippen LogP contribution in [-0.4, -0.2) is 54.8 Å². The summed E-state index contributed by atoms with van der Waals surface area (Å²) in [5.74, 6) is 0.561. The first-order valence-electron chi connectivity index (χ1n) is 7.56. The highest BCUT2D eigenvalue weighted by atomic mass is 16.5. The number of hydrogen-bond donors (Lipinski definition) is 0. The van der Waals surface area contributed by atoms with Crippen molar-refractivity contribution >= 4 is 5.91 Å². The molecule has 2 aliphatic rings. The smallest absolute Gasteiger partial charge is 0.272 e. The Kier molecular flexibility index (Phi) is 4.22. The molecule has 1 aromatic heterocycles. The van der Waals surface area contributed by atoms with E-state index in [1.165, 1.54) is 0 Å². The summed E-state index contributed by atoms with van der Waals surface area (Å²) >= 11 is 0. The van der Waals surface area contributed by atoms with E-state index in [4.69, 9.17) is 9.47 Å². The molecule has 21 heavy (non-hydrogen) atoms. The summed E-state index contributed by atoms with van der Waals surface area (Å²) in [5, 5.41) is 0. The lowest BCUT2D eigenvalue weighted by molar-refractivity contribution is 0.0112. The molecule has 3 rings (SSSR count). The third-order valence-electron chi connectivity index (χ3n) is 4.50. The van der Waals surface area contributed by atoms with Gasteiger partial charge in [-0.3, -0.25) is 9.78 Å². The Labute approximate surface area is 125 Å². The highest BCUT2D eigenvalue weighted by Gasteiger charge is 2.46. The van der Waals surface area contributed by atoms with Gasteiger partial charge in [-0.05, 0) is 37.3 Å². The molecule has 2 atom stereocenters. The Balaban J connectivity index is 1.60. The fourth-order valence-electron chi connectivity index (χ4n) is 3.36. The molecule has 5 nitrogen and oxygen atoms in total. The monoisotopic (exact) mass is 290 g/mol. The average molecular weight is 290 g/mol. The molecule has 2 fully saturated rings. The van der Waals surface area contributed by atoms with Gasteiger partial charge in [-0.2, -0.15) is 0 Å². The molecule has 0 aromatic carbocycles. The van der Waals surface area contributed by atoms with Gasteiger partial charge < -0.3 is 14.4 Å². The van der Waals surface area contributed by atoms with Crippen LogP contribution in [0.5, 0.6) is 0 Å². The van der Waals surface area contributed by atoms with Crippen LogP contribution in [0.4, 0.5) is 0 Å². The summed E-state index contributed by atoms with van der Waals surface area (Å²) in [6.07, 6.45) is 4.65. The van der Waals surface area contributed by atoms with Crippen LogP contribution >= 0.6 is 0 Å². The maximum atomic E-state index is 12.4. The zero-order valence-electron chi connectivity index (χ0n) is 12.5. The van der Waals surface area contributed by atoms with Gasteiger partial charge in [-0.15, -0.1) is 0 Å². The van der Waals surface area contributed by atoms with Crippen LogP contribution in [0.3, 0.4) is 0 Å². The normalized spacial score (nSPS) is 28.4. The van der Waals surface area contributed by atoms with Crippen molar-refractivity contribution in [2.45, 2.75) is 24.9 Å². The number of hydrogen-bond acceptors (Lipinski definition) is 4. The first-order chi connectivity index (χ1) is 10.2. The fraction of sp³-hybridized carbons (Fsp3) is 0.625. The second-order valence-electron chi connectivity index (χ2n) is 6.04. The molecule has 2 aliphatic heterocycles. The van der Waals surface area contributed by atoms with E-state index in [1.54, 1.807) is 19.4 Å². The summed E-state index contributed by atoms with van der Waals surface area (Å²) < 4.78 is 11.2. The summed E-state index contributed by atoms with van der Waals surface area (Å²) in [6, 6.07) is 5.44. The van der Waals surface area contributed by atoms with Crippen LogP contribution in [0.1, 0.15) is 29.8 Å². The molecular formula is C16H22N2O3. The van der Waals surface area contributed by atoms with E-state index in [0.29, 0.717) is 18.2 Å². The van der Waals surface area contributed by atoms with Crippen molar-refractivity contribution in [1.82, 2.24) is 9.88 Å². The Morgan fingerprint density at radius 2 is 2.48 bits per heavy atom. The van der Waals surface area contributed by atoms with Gasteiger partial charge in [0, 0.05) is 26.5 Å². The molecule has 0 unspecified atom stereocenters. The summed E-state index contributed by atoms with van der Waals surface area (Å²) in [6.45, 7) is 3.01. The van der Waals surface area contributed by atoms with Crippen LogP contribution in [0.25, 0.3) is 0 Å². The predicted molar refractivity (Wildman–Crippen MR) is 78.0 cm³/mol. The first-order valence-corrected chi connectivity index (χ1v) is 7.56. The lowest BCUT2D eigenvalue weighted by Crippen LogP contribution is -2.36. The molecule has 0 bridgehead atoms. The second-order valence-corrected chi connectivity index (χ2v) is 6.04. The number of amides is 1. The molecule has 1 aromatic rings. The molecule has 0 radical (unpaired) electrons. The predicted octanol–water partition coefficient (Wildman–Crippen LogP) is 1.74. The summed E-state index contributed by atoms with van der Waals surface area (Å²) in [7, 11) is 1.73. The van der Waals surface area contributed by atoms with Gasteiger partial charge in [0.05, 0.1) is 18.8 Å². The van der Waals surface area contributed by atoms with E-state index < -0.39 is 0 Å². The van der Waals surface area contributed by atoms with Crippen molar-refractivity contribution in [1.29, 1.82) is 0 Å². The number of rotatable bonds is 4. The molecule has 1 amide bonds. The molecule has 3 heterocycles. The number of ether oxygens (including phenoxy) is 2. The first kappa shape index (κ1) is 14.5. The number of likely N-dealkylation sites (tertiary alicyclic amines) is 1. The SMILES string of the molecule is COCC[C@H]1CO[C@@]2(CCN(C(=O)c3ccccn3)C2)C1. The molecule has 2 saturated heterocycles. The Morgan fingerprint density at radius 1 is 1.57 bits per heavy atom. The van der Waals surface area contributed by atoms with Crippen LogP contribution in [-0.2, 0) is 9.47 Å². The maximum Gasteiger partial charge on any atom is 0.272 e. The molecule has 0 saturated carbocycles. The van der Waals surface area contributed by atoms with Crippen LogP contribution in [0, 0.1) is 5.92 Å². The van der Waals surface area contributed by atoms with Crippen molar-refractivity contribution < 1.29 is 14.3 Å². The lowest BCUT2D eigenvalue weighted by Gasteiger charge is -2.23. The zero-order chi connectivity index (χ0) is 14.7. The summed E-state index contributed by atoms with van der Waals surface area (Å²) in [4.78, 5) is 18.4. The quantitative estimate of drug-likeness (QED) is 0.847. The Hall–Kier alpha value is -1.46. The van der Waals surface area contributed by atoms with Crippen molar-refractivity contribution in [3.8, 4) is 0 Å². The minimum atomic E-state index is -0.136. The minimum Gasteiger partial charge on any atom is -0.385 e. The number of pyridine rings is 1. The van der Waals surface area contributed by atoms with Crippen molar-refractivity contribution in [2.24, 2.45) is 5.92 Å². The van der Waals surface area contributed by atoms with Gasteiger partial charge >= 0.3 is 0 Å². The number of aromatic nitrogens is 1. The number of carbonyl (C=O) groups excluding carboxylic acids is 1. The van der Waals surface area contributed by atoms with Gasteiger partial charge in [0.1, 0.15) is 5.69 Å². The van der Waals surface area contributed by atoms with Crippen molar-refractivity contribution in [2.75, 3.05) is 33.4 Å². The van der Waals surface area contributed by atoms with E-state index in [-0.39, 0.29) is 11.5 Å². The molecule has 0 N–H and O–H groups in total. The van der Waals surface area contributed by atoms with Gasteiger partial charge in [-0.1, -0.05) is 6.07 Å². The second kappa shape index (κ2) is 6.12. The van der Waals surface area contributed by atoms with Gasteiger partial charge in [0.15, 0.2) is 0 Å². The molecule has 1 spiro atoms. The Bertz CT molecular complexity index is 494. The van der Waals surface area contributed by atoms with Gasteiger partial charge in [0.2, 0.25) is 0 Å². The molecule has 0 aliphatic carbocycles. The number of methoxy groups -OCH3 is 1. The topological polar surface area (TPSA) is 51.7 Å². The van der Waals surface area contributed by atoms with Crippen molar-refractivity contribution in [3.05, 3.63) is 30.1 Å². The maximum absolute atomic E-state index is 12.4. The van der Waals surface area contributed by atoms with E-state index in [9.17, 15) is 4.79 Å². The molecule has 114 valence electrons. The largest absolute Gasteiger partial charge is 0.385 e. The lowest BCUT2D eigenvalue weighted by atomic mass is 9.92. The van der Waals surface area contributed by atoms with E-state index >= 15 is 0 Å². The van der Waals surface area contributed by atoms with Crippen molar-refractivity contribution in [3.63, 3.8) is 0 Å². The van der Waals surface area contributed by atoms with Crippen LogP contribution in [0.15, 0.2) is 24.4 Å². The highest BCUT2D eigenvalue weighted by Crippen LogP contribution is 2.39. The highest BCUT2D eigenvalue weighted by molar-refractivity contribution is 5.92. The Morgan fingerprint density at radius 3 is 3.24 bits per heavy atom. The van der Waals surface area contributed by atoms with Gasteiger partial charge in [0.25, 0.3) is 5.91 Å². The third-order valence-corrected chi connectivity index (χ3v) is 4.50. The van der Waals surface area contributed by atoms with E-state index in [1.807, 2.05) is 17.0 Å². The summed E-state index contributed by atoms with van der Waals surface area (Å²) in [5.41, 5.74) is 0.381. The zero-order valence-corrected chi connectivity index (χ0v) is 12.5. The van der Waals surface area contributed by atoms with Gasteiger partial charge in [-0.25, -0.2) is 0 Å². The van der Waals surface area contributed by atoms with Crippen LogP contribution in [0.2, 0.25) is 0 Å². The van der Waals surface area contributed by atoms with E-state index in [0.717, 1.165) is 39.0 Å². The number of carbonyl (C=O) groups is 1. The molecular weight excluding hydrogens is 268 g/mol. The number of nitrogens with zero attached hydrogens (tertiary/aromatic N) is 2. The average Bonchev–Trinajstić information content (AvgIpc) is 3.13. The minimum absolute atomic E-state index is 0.0106. The van der Waals surface area contributed by atoms with E-state index in [2.05, 4.69) is 4.98 Å². The van der Waals surface area contributed by atoms with Crippen LogP contribution < -0.4 is 0 Å². The molecule has 5 heteroatoms.